The van der Waals surface area contributed by atoms with E-state index in [0.29, 0.717) is 26.3 Å². The number of aromatic nitrogens is 2. The van der Waals surface area contributed by atoms with E-state index in [1.165, 1.54) is 10.9 Å². The van der Waals surface area contributed by atoms with Gasteiger partial charge in [-0.2, -0.15) is 0 Å². The Morgan fingerprint density at radius 3 is 2.62 bits per heavy atom. The molecule has 0 aliphatic rings. The van der Waals surface area contributed by atoms with Crippen molar-refractivity contribution >= 4 is 39.1 Å². The molecule has 0 aliphatic carbocycles. The number of hydrogen-bond donors (Lipinski definition) is 1. The number of amides is 1. The van der Waals surface area contributed by atoms with E-state index in [2.05, 4.69) is 10.3 Å². The second-order valence-corrected chi connectivity index (χ2v) is 8.16. The number of nitrogens with one attached hydrogen (secondary N) is 1. The highest BCUT2D eigenvalue weighted by molar-refractivity contribution is 7.20. The predicted octanol–water partition coefficient (Wildman–Crippen LogP) is 3.59. The van der Waals surface area contributed by atoms with E-state index in [-0.39, 0.29) is 24.1 Å². The van der Waals surface area contributed by atoms with Gasteiger partial charge in [-0.1, -0.05) is 12.1 Å². The Balaban J connectivity index is 1.89. The molecule has 7 nitrogen and oxygen atoms in total. The lowest BCUT2D eigenvalue weighted by Gasteiger charge is -2.11. The van der Waals surface area contributed by atoms with Crippen LogP contribution in [0.3, 0.4) is 0 Å². The molecule has 0 saturated heterocycles. The number of thiophene rings is 1. The topological polar surface area (TPSA) is 90.3 Å². The minimum Gasteiger partial charge on any atom is -0.459 e. The van der Waals surface area contributed by atoms with Crippen molar-refractivity contribution in [3.05, 3.63) is 56.4 Å². The first kappa shape index (κ1) is 20.7. The van der Waals surface area contributed by atoms with Crippen LogP contribution in [0.4, 0.5) is 5.69 Å². The normalized spacial score (nSPS) is 11.1. The molecule has 0 atom stereocenters. The van der Waals surface area contributed by atoms with Gasteiger partial charge in [0.15, 0.2) is 0 Å². The summed E-state index contributed by atoms with van der Waals surface area (Å²) in [5, 5.41) is 3.18. The molecule has 1 amide bonds. The van der Waals surface area contributed by atoms with Crippen LogP contribution in [0.25, 0.3) is 10.2 Å². The van der Waals surface area contributed by atoms with Crippen molar-refractivity contribution in [2.75, 3.05) is 5.32 Å². The zero-order chi connectivity index (χ0) is 21.3. The van der Waals surface area contributed by atoms with Gasteiger partial charge in [0.25, 0.3) is 5.56 Å². The van der Waals surface area contributed by atoms with Gasteiger partial charge in [-0.15, -0.1) is 11.3 Å². The maximum absolute atomic E-state index is 12.9. The molecule has 152 valence electrons. The molecule has 0 fully saturated rings. The molecule has 2 heterocycles. The summed E-state index contributed by atoms with van der Waals surface area (Å²) in [6, 6.07) is 5.65. The summed E-state index contributed by atoms with van der Waals surface area (Å²) in [6.45, 7) is 8.95. The molecule has 0 bridgehead atoms. The molecular formula is C21H23N3O4S. The van der Waals surface area contributed by atoms with Gasteiger partial charge in [0.1, 0.15) is 16.3 Å². The summed E-state index contributed by atoms with van der Waals surface area (Å²) in [4.78, 5) is 42.7. The molecule has 0 radical (unpaired) electrons. The van der Waals surface area contributed by atoms with Gasteiger partial charge in [0.05, 0.1) is 17.8 Å². The molecule has 29 heavy (non-hydrogen) atoms. The summed E-state index contributed by atoms with van der Waals surface area (Å²) >= 11 is 1.12. The fourth-order valence-electron chi connectivity index (χ4n) is 2.97. The number of nitrogens with zero attached hydrogens (tertiary/aromatic N) is 2. The quantitative estimate of drug-likeness (QED) is 0.646. The average Bonchev–Trinajstić information content (AvgIpc) is 2.98. The van der Waals surface area contributed by atoms with Crippen molar-refractivity contribution in [1.82, 2.24) is 9.55 Å². The predicted molar refractivity (Wildman–Crippen MR) is 114 cm³/mol. The summed E-state index contributed by atoms with van der Waals surface area (Å²) < 4.78 is 6.49. The van der Waals surface area contributed by atoms with Crippen molar-refractivity contribution in [2.45, 2.75) is 47.3 Å². The lowest BCUT2D eigenvalue weighted by Crippen LogP contribution is -2.28. The fourth-order valence-corrected chi connectivity index (χ4v) is 3.99. The van der Waals surface area contributed by atoms with E-state index in [4.69, 9.17) is 4.74 Å². The number of hydrogen-bond acceptors (Lipinski definition) is 6. The van der Waals surface area contributed by atoms with Crippen molar-refractivity contribution in [1.29, 1.82) is 0 Å². The lowest BCUT2D eigenvalue weighted by molar-refractivity contribution is -0.116. The van der Waals surface area contributed by atoms with Crippen molar-refractivity contribution in [3.8, 4) is 0 Å². The summed E-state index contributed by atoms with van der Waals surface area (Å²) in [6.07, 6.45) is 1.08. The van der Waals surface area contributed by atoms with Crippen molar-refractivity contribution in [2.24, 2.45) is 0 Å². The molecular weight excluding hydrogens is 390 g/mol. The van der Waals surface area contributed by atoms with Gasteiger partial charge in [-0.05, 0) is 57.4 Å². The minimum atomic E-state index is -0.473. The van der Waals surface area contributed by atoms with Crippen molar-refractivity contribution < 1.29 is 14.3 Å². The van der Waals surface area contributed by atoms with Gasteiger partial charge in [-0.3, -0.25) is 14.2 Å². The standard InChI is InChI=1S/C21H23N3O4S/c1-11(2)28-21(27)18-14(5)17-19(29-18)22-10-24(20(17)26)9-16(25)23-15-8-6-7-12(3)13(15)4/h6-8,10-11H,9H2,1-5H3,(H,23,25). The molecule has 3 rings (SSSR count). The number of aryl methyl sites for hydroxylation is 2. The van der Waals surface area contributed by atoms with Crippen LogP contribution < -0.4 is 10.9 Å². The number of esters is 1. The zero-order valence-corrected chi connectivity index (χ0v) is 17.8. The molecule has 0 unspecified atom stereocenters. The molecule has 1 N–H and O–H groups in total. The van der Waals surface area contributed by atoms with E-state index in [9.17, 15) is 14.4 Å². The summed E-state index contributed by atoms with van der Waals surface area (Å²) in [5.74, 6) is -0.798. The highest BCUT2D eigenvalue weighted by atomic mass is 32.1. The van der Waals surface area contributed by atoms with Crippen molar-refractivity contribution in [3.63, 3.8) is 0 Å². The van der Waals surface area contributed by atoms with E-state index < -0.39 is 5.97 Å². The van der Waals surface area contributed by atoms with Crippen LogP contribution >= 0.6 is 11.3 Å². The Bertz CT molecular complexity index is 1160. The SMILES string of the molecule is Cc1cccc(NC(=O)Cn2cnc3sc(C(=O)OC(C)C)c(C)c3c2=O)c1C. The van der Waals surface area contributed by atoms with Gasteiger partial charge in [0, 0.05) is 5.69 Å². The van der Waals surface area contributed by atoms with Crippen LogP contribution in [-0.4, -0.2) is 27.5 Å². The largest absolute Gasteiger partial charge is 0.459 e. The van der Waals surface area contributed by atoms with Gasteiger partial charge >= 0.3 is 5.97 Å². The lowest BCUT2D eigenvalue weighted by atomic mass is 10.1. The van der Waals surface area contributed by atoms with E-state index in [1.54, 1.807) is 20.8 Å². The van der Waals surface area contributed by atoms with E-state index in [0.717, 1.165) is 22.5 Å². The Morgan fingerprint density at radius 2 is 1.93 bits per heavy atom. The molecule has 0 spiro atoms. The Labute approximate surface area is 172 Å². The first-order valence-corrected chi connectivity index (χ1v) is 10.1. The van der Waals surface area contributed by atoms with Crippen LogP contribution in [-0.2, 0) is 16.1 Å². The molecule has 2 aromatic heterocycles. The maximum atomic E-state index is 12.9. The van der Waals surface area contributed by atoms with Crippen LogP contribution in [0.2, 0.25) is 0 Å². The molecule has 1 aromatic carbocycles. The third-order valence-corrected chi connectivity index (χ3v) is 5.82. The molecule has 3 aromatic rings. The second-order valence-electron chi connectivity index (χ2n) is 7.16. The van der Waals surface area contributed by atoms with Gasteiger partial charge in [-0.25, -0.2) is 9.78 Å². The first-order valence-electron chi connectivity index (χ1n) is 9.24. The molecule has 0 aliphatic heterocycles. The minimum absolute atomic E-state index is 0.170. The number of carbonyl (C=O) groups excluding carboxylic acids is 2. The summed E-state index contributed by atoms with van der Waals surface area (Å²) in [5.41, 5.74) is 2.92. The number of fused-ring (bicyclic) bond motifs is 1. The highest BCUT2D eigenvalue weighted by Gasteiger charge is 2.21. The number of anilines is 1. The molecule has 0 saturated carbocycles. The van der Waals surface area contributed by atoms with Gasteiger partial charge in [0.2, 0.25) is 5.91 Å². The number of ether oxygens (including phenoxy) is 1. The smallest absolute Gasteiger partial charge is 0.348 e. The maximum Gasteiger partial charge on any atom is 0.348 e. The number of benzene rings is 1. The van der Waals surface area contributed by atoms with E-state index in [1.807, 2.05) is 32.0 Å². The van der Waals surface area contributed by atoms with Gasteiger partial charge < -0.3 is 10.1 Å². The Kier molecular flexibility index (Phi) is 5.83. The average molecular weight is 413 g/mol. The number of rotatable bonds is 5. The monoisotopic (exact) mass is 413 g/mol. The second kappa shape index (κ2) is 8.16. The zero-order valence-electron chi connectivity index (χ0n) is 17.0. The third kappa shape index (κ3) is 4.22. The number of carbonyl (C=O) groups is 2. The van der Waals surface area contributed by atoms with Crippen LogP contribution in [0.15, 0.2) is 29.3 Å². The van der Waals surface area contributed by atoms with E-state index >= 15 is 0 Å². The summed E-state index contributed by atoms with van der Waals surface area (Å²) in [7, 11) is 0. The third-order valence-electron chi connectivity index (χ3n) is 4.64. The van der Waals surface area contributed by atoms with Crippen LogP contribution in [0.1, 0.15) is 40.2 Å². The molecule has 8 heteroatoms. The Morgan fingerprint density at radius 1 is 1.21 bits per heavy atom. The highest BCUT2D eigenvalue weighted by Crippen LogP contribution is 2.27. The fraction of sp³-hybridized carbons (Fsp3) is 0.333. The van der Waals surface area contributed by atoms with Crippen LogP contribution in [0.5, 0.6) is 0 Å². The first-order chi connectivity index (χ1) is 13.7. The Hall–Kier alpha value is -3.00. The van der Waals surface area contributed by atoms with Crippen LogP contribution in [0, 0.1) is 20.8 Å².